The standard InChI is InChI=1S/C21H23N3OS/c1-23(2)14-9-15-24(20(25)18-12-7-4-8-13-18)21-22-19(16-26-21)17-10-5-3-6-11-17/h3-8,10-13,16H,9,14-15H2,1-2H3/p+1. The molecule has 134 valence electrons. The molecule has 3 rings (SSSR count). The number of hydrogen-bond acceptors (Lipinski definition) is 3. The van der Waals surface area contributed by atoms with Gasteiger partial charge in [-0.3, -0.25) is 9.69 Å². The first-order valence-corrected chi connectivity index (χ1v) is 9.70. The molecule has 4 nitrogen and oxygen atoms in total. The molecule has 5 heteroatoms. The molecule has 1 N–H and O–H groups in total. The van der Waals surface area contributed by atoms with Crippen molar-refractivity contribution in [3.05, 3.63) is 71.6 Å². The van der Waals surface area contributed by atoms with Crippen molar-refractivity contribution in [2.75, 3.05) is 32.1 Å². The SMILES string of the molecule is C[NH+](C)CCCN(C(=O)c1ccccc1)c1nc(-c2ccccc2)cs1. The van der Waals surface area contributed by atoms with Crippen molar-refractivity contribution < 1.29 is 9.69 Å². The molecule has 0 fully saturated rings. The van der Waals surface area contributed by atoms with E-state index in [1.54, 1.807) is 0 Å². The molecule has 0 saturated carbocycles. The molecule has 3 aromatic rings. The number of quaternary nitrogens is 1. The summed E-state index contributed by atoms with van der Waals surface area (Å²) >= 11 is 1.52. The van der Waals surface area contributed by atoms with Crippen LogP contribution >= 0.6 is 11.3 Å². The first-order chi connectivity index (χ1) is 12.6. The molecule has 0 aliphatic rings. The van der Waals surface area contributed by atoms with Crippen molar-refractivity contribution in [3.63, 3.8) is 0 Å². The Labute approximate surface area is 158 Å². The Bertz CT molecular complexity index is 831. The number of nitrogens with one attached hydrogen (secondary N) is 1. The Morgan fingerprint density at radius 2 is 1.69 bits per heavy atom. The van der Waals surface area contributed by atoms with Gasteiger partial charge in [0.05, 0.1) is 26.3 Å². The molecule has 2 aromatic carbocycles. The molecular formula is C21H24N3OS+. The second kappa shape index (κ2) is 8.74. The minimum Gasteiger partial charge on any atom is -0.340 e. The molecule has 0 atom stereocenters. The summed E-state index contributed by atoms with van der Waals surface area (Å²) in [4.78, 5) is 21.0. The predicted octanol–water partition coefficient (Wildman–Crippen LogP) is 2.99. The number of carbonyl (C=O) groups excluding carboxylic acids is 1. The van der Waals surface area contributed by atoms with Gasteiger partial charge in [-0.05, 0) is 12.1 Å². The van der Waals surface area contributed by atoms with E-state index in [0.717, 1.165) is 29.4 Å². The molecule has 0 bridgehead atoms. The third-order valence-corrected chi connectivity index (χ3v) is 4.98. The zero-order valence-corrected chi connectivity index (χ0v) is 16.0. The van der Waals surface area contributed by atoms with Crippen LogP contribution in [-0.2, 0) is 0 Å². The number of thiazole rings is 1. The molecule has 0 saturated heterocycles. The Morgan fingerprint density at radius 1 is 1.04 bits per heavy atom. The van der Waals surface area contributed by atoms with Crippen LogP contribution in [0.1, 0.15) is 16.8 Å². The number of anilines is 1. The molecule has 0 aliphatic carbocycles. The van der Waals surface area contributed by atoms with Crippen molar-refractivity contribution in [2.45, 2.75) is 6.42 Å². The number of rotatable bonds is 7. The van der Waals surface area contributed by atoms with Gasteiger partial charge >= 0.3 is 0 Å². The Morgan fingerprint density at radius 3 is 2.35 bits per heavy atom. The van der Waals surface area contributed by atoms with E-state index in [4.69, 9.17) is 4.98 Å². The predicted molar refractivity (Wildman–Crippen MR) is 108 cm³/mol. The van der Waals surface area contributed by atoms with Crippen LogP contribution in [0.5, 0.6) is 0 Å². The zero-order valence-electron chi connectivity index (χ0n) is 15.2. The highest BCUT2D eigenvalue weighted by atomic mass is 32.1. The number of hydrogen-bond donors (Lipinski definition) is 1. The Hall–Kier alpha value is -2.50. The first-order valence-electron chi connectivity index (χ1n) is 8.82. The van der Waals surface area contributed by atoms with E-state index in [9.17, 15) is 4.79 Å². The van der Waals surface area contributed by atoms with Gasteiger partial charge in [-0.2, -0.15) is 0 Å². The van der Waals surface area contributed by atoms with Gasteiger partial charge in [0.25, 0.3) is 5.91 Å². The number of aromatic nitrogens is 1. The monoisotopic (exact) mass is 366 g/mol. The lowest BCUT2D eigenvalue weighted by atomic mass is 10.2. The van der Waals surface area contributed by atoms with Gasteiger partial charge in [-0.25, -0.2) is 4.98 Å². The van der Waals surface area contributed by atoms with Gasteiger partial charge in [0, 0.05) is 29.5 Å². The fourth-order valence-electron chi connectivity index (χ4n) is 2.74. The summed E-state index contributed by atoms with van der Waals surface area (Å²) in [5.41, 5.74) is 2.68. The van der Waals surface area contributed by atoms with Gasteiger partial charge in [-0.1, -0.05) is 48.5 Å². The molecule has 0 spiro atoms. The van der Waals surface area contributed by atoms with Crippen molar-refractivity contribution in [3.8, 4) is 11.3 Å². The van der Waals surface area contributed by atoms with Crippen molar-refractivity contribution >= 4 is 22.4 Å². The van der Waals surface area contributed by atoms with Crippen LogP contribution in [0.3, 0.4) is 0 Å². The second-order valence-electron chi connectivity index (χ2n) is 6.51. The molecular weight excluding hydrogens is 342 g/mol. The zero-order chi connectivity index (χ0) is 18.4. The average Bonchev–Trinajstić information content (AvgIpc) is 3.16. The molecule has 1 aromatic heterocycles. The fraction of sp³-hybridized carbons (Fsp3) is 0.238. The maximum absolute atomic E-state index is 13.1. The van der Waals surface area contributed by atoms with E-state index >= 15 is 0 Å². The van der Waals surface area contributed by atoms with Gasteiger partial charge in [0.15, 0.2) is 5.13 Å². The number of nitrogens with zero attached hydrogens (tertiary/aromatic N) is 2. The van der Waals surface area contributed by atoms with Crippen LogP contribution in [0, 0.1) is 0 Å². The van der Waals surface area contributed by atoms with Crippen molar-refractivity contribution in [2.24, 2.45) is 0 Å². The normalized spacial score (nSPS) is 10.9. The van der Waals surface area contributed by atoms with E-state index in [0.29, 0.717) is 12.1 Å². The van der Waals surface area contributed by atoms with E-state index < -0.39 is 0 Å². The minimum absolute atomic E-state index is 0.00770. The lowest BCUT2D eigenvalue weighted by Crippen LogP contribution is -3.05. The molecule has 0 aliphatic heterocycles. The van der Waals surface area contributed by atoms with Crippen molar-refractivity contribution in [1.82, 2.24) is 4.98 Å². The molecule has 1 amide bonds. The Balaban J connectivity index is 1.85. The maximum atomic E-state index is 13.1. The highest BCUT2D eigenvalue weighted by molar-refractivity contribution is 7.14. The minimum atomic E-state index is 0.00770. The summed E-state index contributed by atoms with van der Waals surface area (Å²) in [5, 5.41) is 2.78. The smallest absolute Gasteiger partial charge is 0.260 e. The van der Waals surface area contributed by atoms with Gasteiger partial charge in [0.2, 0.25) is 0 Å². The molecule has 0 unspecified atom stereocenters. The van der Waals surface area contributed by atoms with Crippen LogP contribution < -0.4 is 9.80 Å². The molecule has 0 radical (unpaired) electrons. The van der Waals surface area contributed by atoms with Gasteiger partial charge in [-0.15, -0.1) is 11.3 Å². The highest BCUT2D eigenvalue weighted by Crippen LogP contribution is 2.28. The van der Waals surface area contributed by atoms with Crippen LogP contribution in [0.4, 0.5) is 5.13 Å². The highest BCUT2D eigenvalue weighted by Gasteiger charge is 2.21. The van der Waals surface area contributed by atoms with E-state index in [-0.39, 0.29) is 5.91 Å². The van der Waals surface area contributed by atoms with E-state index in [1.807, 2.05) is 70.9 Å². The third-order valence-electron chi connectivity index (χ3n) is 4.12. The van der Waals surface area contributed by atoms with Crippen LogP contribution in [0.15, 0.2) is 66.0 Å². The van der Waals surface area contributed by atoms with Crippen LogP contribution in [-0.4, -0.2) is 38.1 Å². The van der Waals surface area contributed by atoms with Gasteiger partial charge in [0.1, 0.15) is 0 Å². The lowest BCUT2D eigenvalue weighted by Gasteiger charge is -2.20. The lowest BCUT2D eigenvalue weighted by molar-refractivity contribution is -0.858. The average molecular weight is 367 g/mol. The summed E-state index contributed by atoms with van der Waals surface area (Å²) in [6.45, 7) is 1.68. The number of carbonyl (C=O) groups is 1. The number of benzene rings is 2. The third kappa shape index (κ3) is 4.56. The molecule has 26 heavy (non-hydrogen) atoms. The summed E-state index contributed by atoms with van der Waals surface area (Å²) < 4.78 is 0. The first kappa shape index (κ1) is 18.3. The van der Waals surface area contributed by atoms with Crippen LogP contribution in [0.2, 0.25) is 0 Å². The molecule has 1 heterocycles. The van der Waals surface area contributed by atoms with Crippen LogP contribution in [0.25, 0.3) is 11.3 Å². The summed E-state index contributed by atoms with van der Waals surface area (Å²) in [5.74, 6) is 0.00770. The quantitative estimate of drug-likeness (QED) is 0.698. The Kier molecular flexibility index (Phi) is 6.15. The summed E-state index contributed by atoms with van der Waals surface area (Å²) in [6, 6.07) is 19.5. The fourth-order valence-corrected chi connectivity index (χ4v) is 3.60. The summed E-state index contributed by atoms with van der Waals surface area (Å²) in [7, 11) is 4.25. The number of amides is 1. The topological polar surface area (TPSA) is 37.6 Å². The maximum Gasteiger partial charge on any atom is 0.260 e. The van der Waals surface area contributed by atoms with E-state index in [2.05, 4.69) is 14.1 Å². The largest absolute Gasteiger partial charge is 0.340 e. The second-order valence-corrected chi connectivity index (χ2v) is 7.35. The van der Waals surface area contributed by atoms with Crippen molar-refractivity contribution in [1.29, 1.82) is 0 Å². The summed E-state index contributed by atoms with van der Waals surface area (Å²) in [6.07, 6.45) is 0.932. The van der Waals surface area contributed by atoms with Gasteiger partial charge < -0.3 is 4.90 Å². The van der Waals surface area contributed by atoms with E-state index in [1.165, 1.54) is 16.2 Å².